The summed E-state index contributed by atoms with van der Waals surface area (Å²) in [6, 6.07) is 1.08. The van der Waals surface area contributed by atoms with Crippen LogP contribution >= 0.6 is 0 Å². The van der Waals surface area contributed by atoms with Gasteiger partial charge in [-0.05, 0) is 13.1 Å². The van der Waals surface area contributed by atoms with Gasteiger partial charge in [-0.3, -0.25) is 9.59 Å². The van der Waals surface area contributed by atoms with Crippen molar-refractivity contribution in [3.05, 3.63) is 28.2 Å². The number of aromatic carboxylic acids is 1. The summed E-state index contributed by atoms with van der Waals surface area (Å²) in [6.07, 6.45) is 1.15. The standard InChI is InChI=1S/C9H12N4O4/c1-10-5-7(14)12(2)13-8(15)6(9(16)17)3-4-11-13/h3-4,10H,5H2,1-2H3,(H,16,17). The number of carbonyl (C=O) groups excluding carboxylic acids is 1. The molecule has 0 aliphatic carbocycles. The molecule has 1 amide bonds. The molecule has 0 saturated carbocycles. The highest BCUT2D eigenvalue weighted by molar-refractivity contribution is 5.88. The van der Waals surface area contributed by atoms with Gasteiger partial charge in [0.25, 0.3) is 5.91 Å². The lowest BCUT2D eigenvalue weighted by atomic mass is 10.3. The molecule has 8 nitrogen and oxygen atoms in total. The van der Waals surface area contributed by atoms with Gasteiger partial charge in [0.15, 0.2) is 0 Å². The molecule has 0 unspecified atom stereocenters. The summed E-state index contributed by atoms with van der Waals surface area (Å²) in [6.45, 7) is 0.0158. The van der Waals surface area contributed by atoms with Crippen LogP contribution in [-0.4, -0.2) is 47.5 Å². The number of rotatable bonds is 4. The van der Waals surface area contributed by atoms with Crippen molar-refractivity contribution in [3.8, 4) is 0 Å². The van der Waals surface area contributed by atoms with Crippen LogP contribution in [0.3, 0.4) is 0 Å². The van der Waals surface area contributed by atoms with Crippen LogP contribution in [0.25, 0.3) is 0 Å². The monoisotopic (exact) mass is 240 g/mol. The normalized spacial score (nSPS) is 10.0. The van der Waals surface area contributed by atoms with E-state index in [1.807, 2.05) is 0 Å². The first-order valence-corrected chi connectivity index (χ1v) is 4.72. The van der Waals surface area contributed by atoms with Crippen molar-refractivity contribution in [3.63, 3.8) is 0 Å². The highest BCUT2D eigenvalue weighted by Gasteiger charge is 2.16. The average molecular weight is 240 g/mol. The fourth-order valence-corrected chi connectivity index (χ4v) is 1.15. The second-order valence-corrected chi connectivity index (χ2v) is 3.19. The highest BCUT2D eigenvalue weighted by Crippen LogP contribution is 1.90. The Labute approximate surface area is 96.4 Å². The predicted molar refractivity (Wildman–Crippen MR) is 58.5 cm³/mol. The number of hydrogen-bond donors (Lipinski definition) is 2. The van der Waals surface area contributed by atoms with Gasteiger partial charge >= 0.3 is 11.5 Å². The van der Waals surface area contributed by atoms with E-state index in [0.717, 1.165) is 17.3 Å². The van der Waals surface area contributed by atoms with Crippen LogP contribution in [-0.2, 0) is 4.79 Å². The number of aromatic nitrogens is 2. The van der Waals surface area contributed by atoms with E-state index in [4.69, 9.17) is 5.11 Å². The number of nitrogens with zero attached hydrogens (tertiary/aromatic N) is 3. The molecule has 1 rings (SSSR count). The summed E-state index contributed by atoms with van der Waals surface area (Å²) in [5, 5.41) is 16.0. The first-order chi connectivity index (χ1) is 7.99. The molecular weight excluding hydrogens is 228 g/mol. The molecule has 0 atom stereocenters. The summed E-state index contributed by atoms with van der Waals surface area (Å²) in [7, 11) is 2.91. The third-order valence-corrected chi connectivity index (χ3v) is 2.03. The van der Waals surface area contributed by atoms with Gasteiger partial charge in [-0.1, -0.05) is 0 Å². The van der Waals surface area contributed by atoms with Crippen LogP contribution in [0, 0.1) is 0 Å². The van der Waals surface area contributed by atoms with E-state index in [0.29, 0.717) is 4.79 Å². The average Bonchev–Trinajstić information content (AvgIpc) is 2.28. The van der Waals surface area contributed by atoms with Gasteiger partial charge in [0.2, 0.25) is 0 Å². The Hall–Kier alpha value is -2.22. The molecule has 2 N–H and O–H groups in total. The van der Waals surface area contributed by atoms with Crippen molar-refractivity contribution in [1.29, 1.82) is 0 Å². The fourth-order valence-electron chi connectivity index (χ4n) is 1.15. The molecule has 1 aromatic heterocycles. The summed E-state index contributed by atoms with van der Waals surface area (Å²) in [4.78, 5) is 34.6. The van der Waals surface area contributed by atoms with Crippen molar-refractivity contribution < 1.29 is 14.7 Å². The predicted octanol–water partition coefficient (Wildman–Crippen LogP) is -1.74. The molecule has 8 heteroatoms. The molecule has 92 valence electrons. The zero-order valence-electron chi connectivity index (χ0n) is 9.38. The van der Waals surface area contributed by atoms with Crippen molar-refractivity contribution in [2.75, 3.05) is 25.6 Å². The van der Waals surface area contributed by atoms with E-state index in [1.165, 1.54) is 7.05 Å². The third kappa shape index (κ3) is 2.67. The van der Waals surface area contributed by atoms with Crippen LogP contribution in [0.15, 0.2) is 17.1 Å². The maximum absolute atomic E-state index is 11.7. The van der Waals surface area contributed by atoms with E-state index >= 15 is 0 Å². The van der Waals surface area contributed by atoms with E-state index in [-0.39, 0.29) is 6.54 Å². The summed E-state index contributed by atoms with van der Waals surface area (Å²) >= 11 is 0. The van der Waals surface area contributed by atoms with Gasteiger partial charge in [-0.25, -0.2) is 9.80 Å². The number of carboxylic acid groups (broad SMARTS) is 1. The van der Waals surface area contributed by atoms with Crippen molar-refractivity contribution >= 4 is 11.9 Å². The van der Waals surface area contributed by atoms with Crippen molar-refractivity contribution in [2.45, 2.75) is 0 Å². The number of carboxylic acids is 1. The number of likely N-dealkylation sites (N-methyl/N-ethyl adjacent to an activating group) is 2. The first-order valence-electron chi connectivity index (χ1n) is 4.72. The molecule has 0 bridgehead atoms. The van der Waals surface area contributed by atoms with E-state index in [9.17, 15) is 14.4 Å². The Bertz CT molecular complexity index is 496. The zero-order chi connectivity index (χ0) is 13.0. The molecule has 0 fully saturated rings. The molecule has 0 radical (unpaired) electrons. The number of hydrogen-bond acceptors (Lipinski definition) is 5. The van der Waals surface area contributed by atoms with Crippen LogP contribution < -0.4 is 15.9 Å². The first kappa shape index (κ1) is 12.8. The largest absolute Gasteiger partial charge is 0.477 e. The Morgan fingerprint density at radius 2 is 2.24 bits per heavy atom. The molecule has 1 heterocycles. The third-order valence-electron chi connectivity index (χ3n) is 2.03. The molecule has 1 aromatic rings. The van der Waals surface area contributed by atoms with Crippen LogP contribution in [0.2, 0.25) is 0 Å². The van der Waals surface area contributed by atoms with Crippen LogP contribution in [0.4, 0.5) is 0 Å². The lowest BCUT2D eigenvalue weighted by Gasteiger charge is -2.17. The van der Waals surface area contributed by atoms with E-state index in [1.54, 1.807) is 7.05 Å². The van der Waals surface area contributed by atoms with E-state index in [2.05, 4.69) is 10.4 Å². The van der Waals surface area contributed by atoms with Crippen LogP contribution in [0.1, 0.15) is 10.4 Å². The minimum atomic E-state index is -1.36. The Morgan fingerprint density at radius 3 is 2.76 bits per heavy atom. The van der Waals surface area contributed by atoms with Gasteiger partial charge in [0.1, 0.15) is 5.56 Å². The molecule has 0 aromatic carbocycles. The number of carbonyl (C=O) groups is 2. The molecule has 0 spiro atoms. The van der Waals surface area contributed by atoms with Crippen molar-refractivity contribution in [1.82, 2.24) is 15.2 Å². The second kappa shape index (κ2) is 5.21. The summed E-state index contributed by atoms with van der Waals surface area (Å²) in [5.41, 5.74) is -1.30. The number of amides is 1. The lowest BCUT2D eigenvalue weighted by Crippen LogP contribution is -2.48. The molecule has 0 saturated heterocycles. The minimum absolute atomic E-state index is 0.0158. The van der Waals surface area contributed by atoms with Gasteiger partial charge in [-0.15, -0.1) is 4.79 Å². The van der Waals surface area contributed by atoms with Gasteiger partial charge in [0, 0.05) is 7.05 Å². The highest BCUT2D eigenvalue weighted by atomic mass is 16.4. The van der Waals surface area contributed by atoms with Gasteiger partial charge in [0.05, 0.1) is 12.7 Å². The smallest absolute Gasteiger partial charge is 0.341 e. The fraction of sp³-hybridized carbons (Fsp3) is 0.333. The topological polar surface area (TPSA) is 105 Å². The maximum atomic E-state index is 11.7. The molecule has 17 heavy (non-hydrogen) atoms. The Balaban J connectivity index is 3.15. The summed E-state index contributed by atoms with van der Waals surface area (Å²) in [5.74, 6) is -1.77. The van der Waals surface area contributed by atoms with E-state index < -0.39 is 23.0 Å². The molecule has 0 aliphatic heterocycles. The van der Waals surface area contributed by atoms with Crippen molar-refractivity contribution in [2.24, 2.45) is 0 Å². The lowest BCUT2D eigenvalue weighted by molar-refractivity contribution is -0.119. The second-order valence-electron chi connectivity index (χ2n) is 3.19. The SMILES string of the molecule is CNCC(=O)N(C)n1nccc(C(=O)O)c1=O. The Morgan fingerprint density at radius 1 is 1.59 bits per heavy atom. The van der Waals surface area contributed by atoms with Gasteiger partial charge in [-0.2, -0.15) is 5.10 Å². The Kier molecular flexibility index (Phi) is 3.94. The summed E-state index contributed by atoms with van der Waals surface area (Å²) < 4.78 is 0. The number of nitrogens with one attached hydrogen (secondary N) is 1. The minimum Gasteiger partial charge on any atom is -0.477 e. The van der Waals surface area contributed by atoms with Gasteiger partial charge < -0.3 is 10.4 Å². The maximum Gasteiger partial charge on any atom is 0.341 e. The zero-order valence-corrected chi connectivity index (χ0v) is 9.38. The quantitative estimate of drug-likeness (QED) is 0.647. The molecular formula is C9H12N4O4. The van der Waals surface area contributed by atoms with Crippen LogP contribution in [0.5, 0.6) is 0 Å². The molecule has 0 aliphatic rings.